The Labute approximate surface area is 247 Å². The predicted octanol–water partition coefficient (Wildman–Crippen LogP) is 8.94. The third-order valence-electron chi connectivity index (χ3n) is 7.06. The number of nitrogens with zero attached hydrogens (tertiary/aromatic N) is 4. The molecule has 0 spiro atoms. The third-order valence-corrected chi connectivity index (χ3v) is 7.89. The second kappa shape index (κ2) is 11.5. The molecule has 1 aliphatic rings. The zero-order chi connectivity index (χ0) is 26.9. The average Bonchev–Trinajstić information content (AvgIpc) is 3.63. The standard InChI is InChI=1S/C32H26N4O2S.BrH/c1-21-11-12-22(2)28(17-21)29-19-31(26-9-6-10-27(18-26)36(37)38)35(34-29)32-33-30(20-39-32)25-15-13-24(14-16-25)23-7-4-3-5-8-23;/h3-18,20,31H,19H2,1-2H3;1H. The molecule has 0 saturated carbocycles. The highest BCUT2D eigenvalue weighted by atomic mass is 79.9. The molecule has 5 aromatic rings. The minimum absolute atomic E-state index is 0. The molecule has 0 amide bonds. The number of aryl methyl sites for hydroxylation is 2. The van der Waals surface area contributed by atoms with Crippen LogP contribution in [0.3, 0.4) is 0 Å². The van der Waals surface area contributed by atoms with Crippen molar-refractivity contribution in [2.75, 3.05) is 5.01 Å². The lowest BCUT2D eigenvalue weighted by Gasteiger charge is -2.21. The van der Waals surface area contributed by atoms with E-state index in [1.54, 1.807) is 12.1 Å². The Balaban J connectivity index is 0.00000323. The van der Waals surface area contributed by atoms with Crippen molar-refractivity contribution >= 4 is 44.8 Å². The van der Waals surface area contributed by atoms with Gasteiger partial charge in [0.1, 0.15) is 0 Å². The quantitative estimate of drug-likeness (QED) is 0.142. The van der Waals surface area contributed by atoms with E-state index in [2.05, 4.69) is 68.4 Å². The van der Waals surface area contributed by atoms with E-state index < -0.39 is 0 Å². The number of nitro benzene ring substituents is 1. The van der Waals surface area contributed by atoms with Crippen molar-refractivity contribution in [2.24, 2.45) is 5.10 Å². The summed E-state index contributed by atoms with van der Waals surface area (Å²) in [5.41, 5.74) is 9.53. The Morgan fingerprint density at radius 1 is 0.875 bits per heavy atom. The molecule has 0 aliphatic carbocycles. The molecule has 0 bridgehead atoms. The monoisotopic (exact) mass is 610 g/mol. The van der Waals surface area contributed by atoms with Crippen LogP contribution in [0.4, 0.5) is 10.8 Å². The highest BCUT2D eigenvalue weighted by Crippen LogP contribution is 2.40. The topological polar surface area (TPSA) is 71.6 Å². The lowest BCUT2D eigenvalue weighted by atomic mass is 9.95. The first-order valence-electron chi connectivity index (χ1n) is 12.8. The smallest absolute Gasteiger partial charge is 0.258 e. The number of hydrogen-bond donors (Lipinski definition) is 0. The fraction of sp³-hybridized carbons (Fsp3) is 0.125. The summed E-state index contributed by atoms with van der Waals surface area (Å²) >= 11 is 1.53. The first-order valence-corrected chi connectivity index (χ1v) is 13.6. The number of halogens is 1. The zero-order valence-corrected chi connectivity index (χ0v) is 24.6. The molecule has 40 heavy (non-hydrogen) atoms. The lowest BCUT2D eigenvalue weighted by molar-refractivity contribution is -0.384. The van der Waals surface area contributed by atoms with Crippen LogP contribution in [0.5, 0.6) is 0 Å². The Bertz CT molecular complexity index is 1700. The molecule has 2 heterocycles. The van der Waals surface area contributed by atoms with E-state index in [0.29, 0.717) is 6.42 Å². The molecule has 8 heteroatoms. The molecule has 0 saturated heterocycles. The summed E-state index contributed by atoms with van der Waals surface area (Å²) in [6.07, 6.45) is 0.631. The number of rotatable bonds is 6. The SMILES string of the molecule is Br.Cc1ccc(C)c(C2=NN(c3nc(-c4ccc(-c5ccccc5)cc4)cs3)C(c3cccc([N+](=O)[O-])c3)C2)c1. The van der Waals surface area contributed by atoms with E-state index in [0.717, 1.165) is 44.4 Å². The van der Waals surface area contributed by atoms with Crippen LogP contribution in [0.2, 0.25) is 0 Å². The van der Waals surface area contributed by atoms with Gasteiger partial charge in [0.15, 0.2) is 0 Å². The molecule has 200 valence electrons. The first kappa shape index (κ1) is 27.4. The Morgan fingerprint density at radius 2 is 1.60 bits per heavy atom. The molecule has 1 aliphatic heterocycles. The molecule has 0 fully saturated rings. The van der Waals surface area contributed by atoms with E-state index >= 15 is 0 Å². The molecule has 1 unspecified atom stereocenters. The van der Waals surface area contributed by atoms with E-state index in [1.165, 1.54) is 28.5 Å². The summed E-state index contributed by atoms with van der Waals surface area (Å²) in [7, 11) is 0. The maximum Gasteiger partial charge on any atom is 0.269 e. The van der Waals surface area contributed by atoms with Gasteiger partial charge in [-0.05, 0) is 42.2 Å². The fourth-order valence-corrected chi connectivity index (χ4v) is 5.80. The van der Waals surface area contributed by atoms with Crippen LogP contribution in [0.15, 0.2) is 108 Å². The van der Waals surface area contributed by atoms with Gasteiger partial charge in [-0.1, -0.05) is 84.4 Å². The van der Waals surface area contributed by atoms with Gasteiger partial charge in [-0.3, -0.25) is 10.1 Å². The van der Waals surface area contributed by atoms with Crippen molar-refractivity contribution in [3.8, 4) is 22.4 Å². The minimum Gasteiger partial charge on any atom is -0.258 e. The van der Waals surface area contributed by atoms with Crippen LogP contribution in [-0.4, -0.2) is 15.6 Å². The van der Waals surface area contributed by atoms with Gasteiger partial charge in [-0.2, -0.15) is 5.10 Å². The number of nitro groups is 1. The van der Waals surface area contributed by atoms with Crippen molar-refractivity contribution in [1.82, 2.24) is 4.98 Å². The molecule has 6 rings (SSSR count). The van der Waals surface area contributed by atoms with Crippen LogP contribution < -0.4 is 5.01 Å². The minimum atomic E-state index is -0.351. The molecule has 0 N–H and O–H groups in total. The first-order chi connectivity index (χ1) is 19.0. The van der Waals surface area contributed by atoms with Crippen LogP contribution in [-0.2, 0) is 0 Å². The van der Waals surface area contributed by atoms with Gasteiger partial charge in [0.05, 0.1) is 22.4 Å². The largest absolute Gasteiger partial charge is 0.269 e. The summed E-state index contributed by atoms with van der Waals surface area (Å²) in [6, 6.07) is 31.7. The van der Waals surface area contributed by atoms with Gasteiger partial charge in [0.2, 0.25) is 5.13 Å². The Kier molecular flexibility index (Phi) is 7.91. The van der Waals surface area contributed by atoms with Gasteiger partial charge in [0, 0.05) is 35.1 Å². The van der Waals surface area contributed by atoms with E-state index in [9.17, 15) is 10.1 Å². The van der Waals surface area contributed by atoms with E-state index in [-0.39, 0.29) is 33.6 Å². The summed E-state index contributed by atoms with van der Waals surface area (Å²) in [5, 5.41) is 21.3. The van der Waals surface area contributed by atoms with E-state index in [4.69, 9.17) is 10.1 Å². The summed E-state index contributed by atoms with van der Waals surface area (Å²) in [5.74, 6) is 0. The average molecular weight is 612 g/mol. The molecule has 1 atom stereocenters. The van der Waals surface area contributed by atoms with Crippen LogP contribution in [0.25, 0.3) is 22.4 Å². The summed E-state index contributed by atoms with van der Waals surface area (Å²) < 4.78 is 0. The summed E-state index contributed by atoms with van der Waals surface area (Å²) in [4.78, 5) is 16.1. The summed E-state index contributed by atoms with van der Waals surface area (Å²) in [6.45, 7) is 4.16. The number of hydrogen-bond acceptors (Lipinski definition) is 6. The number of anilines is 1. The van der Waals surface area contributed by atoms with Crippen LogP contribution in [0, 0.1) is 24.0 Å². The lowest BCUT2D eigenvalue weighted by Crippen LogP contribution is -2.18. The second-order valence-corrected chi connectivity index (χ2v) is 10.6. The zero-order valence-electron chi connectivity index (χ0n) is 22.0. The van der Waals surface area contributed by atoms with Crippen LogP contribution in [0.1, 0.15) is 34.7 Å². The molecule has 6 nitrogen and oxygen atoms in total. The van der Waals surface area contributed by atoms with Gasteiger partial charge in [0.25, 0.3) is 5.69 Å². The number of hydrazone groups is 1. The maximum atomic E-state index is 11.5. The molecule has 0 radical (unpaired) electrons. The maximum absolute atomic E-state index is 11.5. The highest BCUT2D eigenvalue weighted by Gasteiger charge is 2.33. The molecular weight excluding hydrogens is 584 g/mol. The van der Waals surface area contributed by atoms with Crippen molar-refractivity contribution in [3.63, 3.8) is 0 Å². The highest BCUT2D eigenvalue weighted by molar-refractivity contribution is 8.93. The number of non-ortho nitro benzene ring substituents is 1. The van der Waals surface area contributed by atoms with Gasteiger partial charge >= 0.3 is 0 Å². The molecule has 1 aromatic heterocycles. The number of aromatic nitrogens is 1. The van der Waals surface area contributed by atoms with Crippen LogP contribution >= 0.6 is 28.3 Å². The number of benzene rings is 4. The van der Waals surface area contributed by atoms with Gasteiger partial charge < -0.3 is 0 Å². The van der Waals surface area contributed by atoms with Gasteiger partial charge in [-0.15, -0.1) is 28.3 Å². The number of thiazole rings is 1. The predicted molar refractivity (Wildman–Crippen MR) is 169 cm³/mol. The Hall–Kier alpha value is -4.14. The third kappa shape index (κ3) is 5.46. The van der Waals surface area contributed by atoms with E-state index in [1.807, 2.05) is 34.7 Å². The van der Waals surface area contributed by atoms with Crippen molar-refractivity contribution in [1.29, 1.82) is 0 Å². The van der Waals surface area contributed by atoms with Crippen molar-refractivity contribution in [3.05, 3.63) is 135 Å². The fourth-order valence-electron chi connectivity index (χ4n) is 4.97. The Morgan fingerprint density at radius 3 is 2.35 bits per heavy atom. The molecule has 4 aromatic carbocycles. The van der Waals surface area contributed by atoms with Gasteiger partial charge in [-0.25, -0.2) is 9.99 Å². The second-order valence-electron chi connectivity index (χ2n) is 9.74. The van der Waals surface area contributed by atoms with Crippen molar-refractivity contribution in [2.45, 2.75) is 26.3 Å². The van der Waals surface area contributed by atoms with Crippen molar-refractivity contribution < 1.29 is 4.92 Å². The normalized spacial score (nSPS) is 14.5. The molecular formula is C32H27BrN4O2S.